The molecular weight excluding hydrogens is 437 g/mol. The quantitative estimate of drug-likeness (QED) is 0.641. The third-order valence-electron chi connectivity index (χ3n) is 4.44. The molecule has 154 valence electrons. The Balaban J connectivity index is 2.13. The van der Waals surface area contributed by atoms with Crippen LogP contribution in [0.4, 0.5) is 18.9 Å². The number of amidine groups is 1. The van der Waals surface area contributed by atoms with Crippen LogP contribution in [-0.2, 0) is 20.8 Å². The third-order valence-corrected chi connectivity index (χ3v) is 7.97. The standard InChI is InChI=1S/C17H18ClF3N2O3S2/c1-16(2,3)14(24)22-15-23(12-7-28(25,26)8-13(12)27-15)11-6-9(17(19,20)21)4-5-10(11)18/h4-6,12-13H,7-8H2,1-3H3/t12-,13+/m0/s1. The van der Waals surface area contributed by atoms with E-state index < -0.39 is 44.2 Å². The molecule has 28 heavy (non-hydrogen) atoms. The number of benzene rings is 1. The van der Waals surface area contributed by atoms with Gasteiger partial charge in [-0.3, -0.25) is 4.79 Å². The number of sulfone groups is 1. The molecule has 2 fully saturated rings. The molecule has 1 amide bonds. The Bertz CT molecular complexity index is 955. The average molecular weight is 455 g/mol. The van der Waals surface area contributed by atoms with Crippen molar-refractivity contribution < 1.29 is 26.4 Å². The Kier molecular flexibility index (Phi) is 5.30. The largest absolute Gasteiger partial charge is 0.416 e. The van der Waals surface area contributed by atoms with Gasteiger partial charge in [-0.05, 0) is 18.2 Å². The van der Waals surface area contributed by atoms with E-state index in [1.165, 1.54) is 4.90 Å². The SMILES string of the molecule is CC(C)(C)C(=O)N=C1S[C@@H]2CS(=O)(=O)C[C@@H]2N1c1cc(C(F)(F)F)ccc1Cl. The van der Waals surface area contributed by atoms with Crippen LogP contribution in [0.5, 0.6) is 0 Å². The van der Waals surface area contributed by atoms with Crippen molar-refractivity contribution in [3.05, 3.63) is 28.8 Å². The fourth-order valence-corrected chi connectivity index (χ4v) is 7.09. The van der Waals surface area contributed by atoms with Gasteiger partial charge < -0.3 is 4.90 Å². The zero-order valence-corrected chi connectivity index (χ0v) is 17.6. The van der Waals surface area contributed by atoms with Crippen LogP contribution in [0.3, 0.4) is 0 Å². The number of halogens is 4. The summed E-state index contributed by atoms with van der Waals surface area (Å²) in [5.41, 5.74) is -1.71. The lowest BCUT2D eigenvalue weighted by molar-refractivity contribution is -0.137. The van der Waals surface area contributed by atoms with Gasteiger partial charge in [-0.25, -0.2) is 8.42 Å². The van der Waals surface area contributed by atoms with Crippen molar-refractivity contribution in [2.24, 2.45) is 10.4 Å². The van der Waals surface area contributed by atoms with E-state index >= 15 is 0 Å². The number of aliphatic imine (C=N–C) groups is 1. The van der Waals surface area contributed by atoms with Crippen molar-refractivity contribution in [3.8, 4) is 0 Å². The summed E-state index contributed by atoms with van der Waals surface area (Å²) in [5, 5.41) is -0.234. The van der Waals surface area contributed by atoms with Gasteiger partial charge in [0.1, 0.15) is 0 Å². The first kappa shape index (κ1) is 21.4. The average Bonchev–Trinajstić information content (AvgIpc) is 2.97. The smallest absolute Gasteiger partial charge is 0.314 e. The van der Waals surface area contributed by atoms with Gasteiger partial charge in [0.05, 0.1) is 33.8 Å². The second-order valence-corrected chi connectivity index (χ2v) is 11.6. The van der Waals surface area contributed by atoms with Crippen LogP contribution < -0.4 is 4.90 Å². The number of carbonyl (C=O) groups is 1. The molecular formula is C17H18ClF3N2O3S2. The Morgan fingerprint density at radius 2 is 1.89 bits per heavy atom. The maximum atomic E-state index is 13.2. The van der Waals surface area contributed by atoms with E-state index in [4.69, 9.17) is 11.6 Å². The topological polar surface area (TPSA) is 66.8 Å². The van der Waals surface area contributed by atoms with Gasteiger partial charge in [0, 0.05) is 10.7 Å². The molecule has 0 saturated carbocycles. The van der Waals surface area contributed by atoms with Crippen molar-refractivity contribution in [1.29, 1.82) is 0 Å². The molecule has 2 saturated heterocycles. The summed E-state index contributed by atoms with van der Waals surface area (Å²) in [6, 6.07) is 2.20. The molecule has 2 heterocycles. The molecule has 1 aromatic carbocycles. The van der Waals surface area contributed by atoms with Crippen LogP contribution in [-0.4, -0.2) is 42.3 Å². The number of alkyl halides is 3. The molecule has 0 spiro atoms. The molecule has 5 nitrogen and oxygen atoms in total. The molecule has 2 aliphatic rings. The van der Waals surface area contributed by atoms with E-state index in [1.54, 1.807) is 20.8 Å². The predicted octanol–water partition coefficient (Wildman–Crippen LogP) is 4.01. The molecule has 0 unspecified atom stereocenters. The van der Waals surface area contributed by atoms with Gasteiger partial charge in [0.15, 0.2) is 15.0 Å². The number of nitrogens with zero attached hydrogens (tertiary/aromatic N) is 2. The monoisotopic (exact) mass is 454 g/mol. The third kappa shape index (κ3) is 4.18. The summed E-state index contributed by atoms with van der Waals surface area (Å²) >= 11 is 7.26. The Morgan fingerprint density at radius 3 is 2.46 bits per heavy atom. The number of amides is 1. The van der Waals surface area contributed by atoms with E-state index in [0.29, 0.717) is 0 Å². The first-order valence-corrected chi connectivity index (χ1v) is 11.4. The van der Waals surface area contributed by atoms with Crippen LogP contribution in [0.15, 0.2) is 23.2 Å². The minimum Gasteiger partial charge on any atom is -0.314 e. The zero-order valence-electron chi connectivity index (χ0n) is 15.2. The lowest BCUT2D eigenvalue weighted by Crippen LogP contribution is -2.38. The number of thioether (sulfide) groups is 1. The number of carbonyl (C=O) groups excluding carboxylic acids is 1. The van der Waals surface area contributed by atoms with Gasteiger partial charge in [0.25, 0.3) is 5.91 Å². The summed E-state index contributed by atoms with van der Waals surface area (Å²) in [6.07, 6.45) is -4.59. The second kappa shape index (κ2) is 6.91. The first-order valence-electron chi connectivity index (χ1n) is 8.35. The fourth-order valence-electron chi connectivity index (χ4n) is 2.97. The molecule has 2 atom stereocenters. The molecule has 2 aliphatic heterocycles. The van der Waals surface area contributed by atoms with Crippen molar-refractivity contribution >= 4 is 50.0 Å². The molecule has 0 aromatic heterocycles. The highest BCUT2D eigenvalue weighted by atomic mass is 35.5. The highest BCUT2D eigenvalue weighted by Gasteiger charge is 2.50. The Labute approximate surface area is 170 Å². The van der Waals surface area contributed by atoms with Crippen molar-refractivity contribution in [3.63, 3.8) is 0 Å². The minimum atomic E-state index is -4.59. The minimum absolute atomic E-state index is 0.00551. The summed E-state index contributed by atoms with van der Waals surface area (Å²) in [4.78, 5) is 17.9. The van der Waals surface area contributed by atoms with Gasteiger partial charge in [-0.1, -0.05) is 44.1 Å². The lowest BCUT2D eigenvalue weighted by atomic mass is 9.96. The molecule has 0 aliphatic carbocycles. The molecule has 0 N–H and O–H groups in total. The molecule has 1 aromatic rings. The van der Waals surface area contributed by atoms with E-state index in [-0.39, 0.29) is 27.4 Å². The number of anilines is 1. The van der Waals surface area contributed by atoms with E-state index in [2.05, 4.69) is 4.99 Å². The maximum absolute atomic E-state index is 13.2. The highest BCUT2D eigenvalue weighted by Crippen LogP contribution is 2.45. The number of hydrogen-bond acceptors (Lipinski definition) is 4. The first-order chi connectivity index (χ1) is 12.7. The lowest BCUT2D eigenvalue weighted by Gasteiger charge is -2.26. The van der Waals surface area contributed by atoms with E-state index in [1.807, 2.05) is 0 Å². The van der Waals surface area contributed by atoms with Crippen molar-refractivity contribution in [2.75, 3.05) is 16.4 Å². The summed E-state index contributed by atoms with van der Waals surface area (Å²) < 4.78 is 63.7. The fraction of sp³-hybridized carbons (Fsp3) is 0.529. The second-order valence-electron chi connectivity index (χ2n) is 7.78. The zero-order chi connectivity index (χ0) is 21.1. The normalized spacial score (nSPS) is 26.0. The van der Waals surface area contributed by atoms with Gasteiger partial charge in [0.2, 0.25) is 0 Å². The van der Waals surface area contributed by atoms with Crippen molar-refractivity contribution in [1.82, 2.24) is 0 Å². The molecule has 3 rings (SSSR count). The van der Waals surface area contributed by atoms with E-state index in [9.17, 15) is 26.4 Å². The number of hydrogen-bond donors (Lipinski definition) is 0. The molecule has 11 heteroatoms. The van der Waals surface area contributed by atoms with Gasteiger partial charge >= 0.3 is 6.18 Å². The van der Waals surface area contributed by atoms with Gasteiger partial charge in [-0.2, -0.15) is 18.2 Å². The van der Waals surface area contributed by atoms with E-state index in [0.717, 1.165) is 30.0 Å². The number of fused-ring (bicyclic) bond motifs is 1. The van der Waals surface area contributed by atoms with Crippen LogP contribution in [0.25, 0.3) is 0 Å². The number of rotatable bonds is 1. The molecule has 0 bridgehead atoms. The Morgan fingerprint density at radius 1 is 1.25 bits per heavy atom. The maximum Gasteiger partial charge on any atom is 0.416 e. The van der Waals surface area contributed by atoms with Crippen LogP contribution in [0.2, 0.25) is 5.02 Å². The van der Waals surface area contributed by atoms with Crippen LogP contribution >= 0.6 is 23.4 Å². The van der Waals surface area contributed by atoms with Crippen LogP contribution in [0, 0.1) is 5.41 Å². The highest BCUT2D eigenvalue weighted by molar-refractivity contribution is 8.16. The molecule has 0 radical (unpaired) electrons. The Hall–Kier alpha value is -1.26. The summed E-state index contributed by atoms with van der Waals surface area (Å²) in [6.45, 7) is 5.02. The van der Waals surface area contributed by atoms with Crippen LogP contribution in [0.1, 0.15) is 26.3 Å². The van der Waals surface area contributed by atoms with Gasteiger partial charge in [-0.15, -0.1) is 0 Å². The summed E-state index contributed by atoms with van der Waals surface area (Å²) in [7, 11) is -3.35. The van der Waals surface area contributed by atoms with Crippen molar-refractivity contribution in [2.45, 2.75) is 38.2 Å². The predicted molar refractivity (Wildman–Crippen MR) is 105 cm³/mol. The summed E-state index contributed by atoms with van der Waals surface area (Å²) in [5.74, 6) is -0.816.